The second-order valence-electron chi connectivity index (χ2n) is 6.97. The van der Waals surface area contributed by atoms with Crippen LogP contribution in [0.25, 0.3) is 0 Å². The highest BCUT2D eigenvalue weighted by atomic mass is 16.2. The third kappa shape index (κ3) is 2.73. The molecule has 0 saturated heterocycles. The van der Waals surface area contributed by atoms with Crippen molar-refractivity contribution < 1.29 is 24.0 Å². The molecular weight excluding hydrogens is 398 g/mol. The van der Waals surface area contributed by atoms with Gasteiger partial charge in [-0.25, -0.2) is 4.90 Å². The van der Waals surface area contributed by atoms with Crippen molar-refractivity contribution in [2.75, 3.05) is 4.90 Å². The number of rotatable bonds is 3. The summed E-state index contributed by atoms with van der Waals surface area (Å²) >= 11 is 0. The molecule has 5 amide bonds. The second kappa shape index (κ2) is 6.74. The molecule has 150 valence electrons. The Balaban J connectivity index is 1.42. The Morgan fingerprint density at radius 2 is 1.16 bits per heavy atom. The molecule has 0 unspecified atom stereocenters. The van der Waals surface area contributed by atoms with Crippen molar-refractivity contribution in [3.05, 3.63) is 101 Å². The van der Waals surface area contributed by atoms with Gasteiger partial charge in [0.05, 0.1) is 27.9 Å². The number of fused-ring (bicyclic) bond motifs is 2. The molecule has 1 N–H and O–H groups in total. The number of hydrogen-bond donors (Lipinski definition) is 1. The number of amides is 5. The molecule has 2 aliphatic rings. The van der Waals surface area contributed by atoms with Crippen LogP contribution in [0.3, 0.4) is 0 Å². The molecule has 0 spiro atoms. The number of hydrogen-bond acceptors (Lipinski definition) is 5. The first-order valence-corrected chi connectivity index (χ1v) is 9.34. The van der Waals surface area contributed by atoms with Crippen molar-refractivity contribution in [2.45, 2.75) is 0 Å². The van der Waals surface area contributed by atoms with E-state index < -0.39 is 29.5 Å². The van der Waals surface area contributed by atoms with E-state index in [0.717, 1.165) is 4.90 Å². The highest BCUT2D eigenvalue weighted by molar-refractivity contribution is 6.34. The van der Waals surface area contributed by atoms with Crippen LogP contribution >= 0.6 is 0 Å². The number of carbonyl (C=O) groups excluding carboxylic acids is 5. The molecule has 3 aromatic rings. The maximum atomic E-state index is 12.8. The van der Waals surface area contributed by atoms with E-state index >= 15 is 0 Å². The summed E-state index contributed by atoms with van der Waals surface area (Å²) in [7, 11) is 0. The highest BCUT2D eigenvalue weighted by Crippen LogP contribution is 2.29. The second-order valence-corrected chi connectivity index (χ2v) is 6.97. The Morgan fingerprint density at radius 3 is 1.81 bits per heavy atom. The minimum Gasteiger partial charge on any atom is -0.268 e. The largest absolute Gasteiger partial charge is 0.280 e. The van der Waals surface area contributed by atoms with Crippen LogP contribution in [0.4, 0.5) is 5.69 Å². The maximum Gasteiger partial charge on any atom is 0.280 e. The van der Waals surface area contributed by atoms with Gasteiger partial charge in [0, 0.05) is 5.56 Å². The lowest BCUT2D eigenvalue weighted by molar-refractivity contribution is 0.0518. The summed E-state index contributed by atoms with van der Waals surface area (Å²) in [6.45, 7) is 0. The molecule has 0 fully saturated rings. The molecule has 0 bridgehead atoms. The number of imide groups is 2. The number of hydrazine groups is 1. The number of benzene rings is 3. The number of carbonyl (C=O) groups is 5. The van der Waals surface area contributed by atoms with Crippen LogP contribution in [0, 0.1) is 0 Å². The van der Waals surface area contributed by atoms with Gasteiger partial charge < -0.3 is 0 Å². The van der Waals surface area contributed by atoms with Gasteiger partial charge in [-0.1, -0.05) is 30.3 Å². The molecule has 0 saturated carbocycles. The third-order valence-corrected chi connectivity index (χ3v) is 5.17. The van der Waals surface area contributed by atoms with Gasteiger partial charge in [0.25, 0.3) is 29.5 Å². The lowest BCUT2D eigenvalue weighted by Crippen LogP contribution is -2.45. The molecule has 2 aliphatic heterocycles. The van der Waals surface area contributed by atoms with Crippen molar-refractivity contribution in [3.63, 3.8) is 0 Å². The first-order valence-electron chi connectivity index (χ1n) is 9.34. The van der Waals surface area contributed by atoms with Gasteiger partial charge in [0.2, 0.25) is 0 Å². The molecular formula is C23H13N3O5. The van der Waals surface area contributed by atoms with E-state index in [9.17, 15) is 24.0 Å². The van der Waals surface area contributed by atoms with Crippen LogP contribution in [0.2, 0.25) is 0 Å². The molecule has 2 heterocycles. The normalized spacial score (nSPS) is 14.7. The third-order valence-electron chi connectivity index (χ3n) is 5.17. The summed E-state index contributed by atoms with van der Waals surface area (Å²) in [5, 5.41) is 0.642. The van der Waals surface area contributed by atoms with E-state index in [1.165, 1.54) is 30.3 Å². The van der Waals surface area contributed by atoms with Crippen molar-refractivity contribution in [3.8, 4) is 0 Å². The van der Waals surface area contributed by atoms with Crippen molar-refractivity contribution in [2.24, 2.45) is 0 Å². The van der Waals surface area contributed by atoms with Gasteiger partial charge in [-0.15, -0.1) is 0 Å². The van der Waals surface area contributed by atoms with E-state index in [4.69, 9.17) is 0 Å². The summed E-state index contributed by atoms with van der Waals surface area (Å²) in [5.41, 5.74) is 3.38. The van der Waals surface area contributed by atoms with E-state index in [0.29, 0.717) is 10.7 Å². The Kier molecular flexibility index (Phi) is 4.01. The molecule has 31 heavy (non-hydrogen) atoms. The Labute approximate surface area is 175 Å². The molecule has 0 atom stereocenters. The SMILES string of the molecule is O=C(NN1C(=O)c2ccccc2C1=O)c1ccc2c(c1)C(=O)N(c1ccccc1)C2=O. The zero-order valence-corrected chi connectivity index (χ0v) is 15.9. The van der Waals surface area contributed by atoms with Crippen LogP contribution in [-0.4, -0.2) is 34.5 Å². The van der Waals surface area contributed by atoms with Crippen molar-refractivity contribution in [1.29, 1.82) is 0 Å². The highest BCUT2D eigenvalue weighted by Gasteiger charge is 2.39. The Hall–Kier alpha value is -4.59. The first kappa shape index (κ1) is 18.4. The fourth-order valence-corrected chi connectivity index (χ4v) is 3.65. The molecule has 0 radical (unpaired) electrons. The average molecular weight is 411 g/mol. The van der Waals surface area contributed by atoms with E-state index in [1.807, 2.05) is 0 Å². The predicted octanol–water partition coefficient (Wildman–Crippen LogP) is 2.43. The summed E-state index contributed by atoms with van der Waals surface area (Å²) in [6.07, 6.45) is 0. The molecule has 3 aromatic carbocycles. The first-order chi connectivity index (χ1) is 15.0. The molecule has 0 aromatic heterocycles. The van der Waals surface area contributed by atoms with Gasteiger partial charge in [-0.05, 0) is 42.5 Å². The maximum absolute atomic E-state index is 12.8. The lowest BCUT2D eigenvalue weighted by atomic mass is 10.1. The van der Waals surface area contributed by atoms with E-state index in [2.05, 4.69) is 5.43 Å². The van der Waals surface area contributed by atoms with Crippen LogP contribution in [0.5, 0.6) is 0 Å². The van der Waals surface area contributed by atoms with Crippen LogP contribution in [-0.2, 0) is 0 Å². The topological polar surface area (TPSA) is 104 Å². The number of nitrogens with one attached hydrogen (secondary N) is 1. The Bertz CT molecular complexity index is 1280. The van der Waals surface area contributed by atoms with Crippen molar-refractivity contribution >= 4 is 35.2 Å². The predicted molar refractivity (Wildman–Crippen MR) is 108 cm³/mol. The average Bonchev–Trinajstić information content (AvgIpc) is 3.19. The van der Waals surface area contributed by atoms with Gasteiger partial charge in [0.1, 0.15) is 0 Å². The van der Waals surface area contributed by atoms with Crippen molar-refractivity contribution in [1.82, 2.24) is 10.4 Å². The number of para-hydroxylation sites is 1. The summed E-state index contributed by atoms with van der Waals surface area (Å²) in [4.78, 5) is 64.2. The summed E-state index contributed by atoms with van der Waals surface area (Å²) < 4.78 is 0. The number of anilines is 1. The molecule has 8 heteroatoms. The van der Waals surface area contributed by atoms with Crippen LogP contribution in [0.15, 0.2) is 72.8 Å². The smallest absolute Gasteiger partial charge is 0.268 e. The minimum absolute atomic E-state index is 0.0337. The van der Waals surface area contributed by atoms with E-state index in [1.54, 1.807) is 42.5 Å². The van der Waals surface area contributed by atoms with Crippen LogP contribution in [0.1, 0.15) is 51.8 Å². The van der Waals surface area contributed by atoms with Gasteiger partial charge in [0.15, 0.2) is 0 Å². The zero-order valence-electron chi connectivity index (χ0n) is 15.9. The summed E-state index contributed by atoms with van der Waals surface area (Å²) in [6, 6.07) is 18.7. The van der Waals surface area contributed by atoms with E-state index in [-0.39, 0.29) is 27.8 Å². The fraction of sp³-hybridized carbons (Fsp3) is 0. The number of nitrogens with zero attached hydrogens (tertiary/aromatic N) is 2. The lowest BCUT2D eigenvalue weighted by Gasteiger charge is -2.15. The Morgan fingerprint density at radius 1 is 0.613 bits per heavy atom. The minimum atomic E-state index is -0.754. The van der Waals surface area contributed by atoms with Gasteiger partial charge >= 0.3 is 0 Å². The molecule has 0 aliphatic carbocycles. The van der Waals surface area contributed by atoms with Gasteiger partial charge in [-0.2, -0.15) is 5.01 Å². The van der Waals surface area contributed by atoms with Crippen LogP contribution < -0.4 is 10.3 Å². The standard InChI is InChI=1S/C23H13N3O5/c27-19(24-26-22(30)15-8-4-5-9-16(15)23(26)31)13-10-11-17-18(12-13)21(29)25(20(17)28)14-6-2-1-3-7-14/h1-12H,(H,24,27). The van der Waals surface area contributed by atoms with Gasteiger partial charge in [-0.3, -0.25) is 29.4 Å². The molecule has 8 nitrogen and oxygen atoms in total. The summed E-state index contributed by atoms with van der Waals surface area (Å²) in [5.74, 6) is -3.08. The zero-order chi connectivity index (χ0) is 21.7. The quantitative estimate of drug-likeness (QED) is 0.667. The monoisotopic (exact) mass is 411 g/mol. The molecule has 5 rings (SSSR count). The fourth-order valence-electron chi connectivity index (χ4n) is 3.65.